The van der Waals surface area contributed by atoms with E-state index in [4.69, 9.17) is 5.84 Å². The zero-order valence-corrected chi connectivity index (χ0v) is 13.5. The lowest BCUT2D eigenvalue weighted by Crippen LogP contribution is -2.41. The van der Waals surface area contributed by atoms with E-state index in [1.807, 2.05) is 11.8 Å². The van der Waals surface area contributed by atoms with Crippen molar-refractivity contribution in [2.45, 2.75) is 23.3 Å². The minimum absolute atomic E-state index is 0.271. The highest BCUT2D eigenvalue weighted by molar-refractivity contribution is 9.10. The standard InChI is InChI=1S/C16H17BrN2S/c17-12-7-5-11(6-8-12)9-15(19-18)14-10-20-16-4-2-1-3-13(14)16/h1-8,14-15,19H,9-10,18H2. The van der Waals surface area contributed by atoms with Gasteiger partial charge in [-0.1, -0.05) is 46.3 Å². The van der Waals surface area contributed by atoms with Crippen molar-refractivity contribution in [2.24, 2.45) is 5.84 Å². The monoisotopic (exact) mass is 348 g/mol. The van der Waals surface area contributed by atoms with Crippen LogP contribution in [-0.4, -0.2) is 11.8 Å². The molecule has 1 aliphatic rings. The third-order valence-corrected chi connectivity index (χ3v) is 5.54. The number of rotatable bonds is 4. The fourth-order valence-corrected chi connectivity index (χ4v) is 4.31. The van der Waals surface area contributed by atoms with Gasteiger partial charge in [-0.15, -0.1) is 11.8 Å². The lowest BCUT2D eigenvalue weighted by atomic mass is 9.89. The number of nitrogens with one attached hydrogen (secondary N) is 1. The Hall–Kier alpha value is -0.810. The van der Waals surface area contributed by atoms with Crippen molar-refractivity contribution in [1.29, 1.82) is 0 Å². The van der Waals surface area contributed by atoms with Gasteiger partial charge in [0.25, 0.3) is 0 Å². The van der Waals surface area contributed by atoms with Crippen LogP contribution in [0.2, 0.25) is 0 Å². The summed E-state index contributed by atoms with van der Waals surface area (Å²) in [5, 5.41) is 0. The van der Waals surface area contributed by atoms with Crippen LogP contribution < -0.4 is 11.3 Å². The molecule has 0 amide bonds. The molecule has 0 radical (unpaired) electrons. The van der Waals surface area contributed by atoms with Crippen LogP contribution in [0.4, 0.5) is 0 Å². The van der Waals surface area contributed by atoms with Gasteiger partial charge in [-0.2, -0.15) is 0 Å². The Morgan fingerprint density at radius 3 is 2.70 bits per heavy atom. The number of halogens is 1. The molecular weight excluding hydrogens is 332 g/mol. The largest absolute Gasteiger partial charge is 0.271 e. The number of hydrazine groups is 1. The van der Waals surface area contributed by atoms with Crippen LogP contribution in [0.3, 0.4) is 0 Å². The SMILES string of the molecule is NNC(Cc1ccc(Br)cc1)C1CSc2ccccc21. The molecule has 0 aromatic heterocycles. The predicted octanol–water partition coefficient (Wildman–Crippen LogP) is 3.71. The van der Waals surface area contributed by atoms with E-state index in [1.54, 1.807) is 0 Å². The van der Waals surface area contributed by atoms with Crippen molar-refractivity contribution in [3.8, 4) is 0 Å². The first-order valence-corrected chi connectivity index (χ1v) is 8.48. The number of fused-ring (bicyclic) bond motifs is 1. The van der Waals surface area contributed by atoms with Gasteiger partial charge in [0.05, 0.1) is 0 Å². The summed E-state index contributed by atoms with van der Waals surface area (Å²) in [5.74, 6) is 7.40. The van der Waals surface area contributed by atoms with Gasteiger partial charge in [0, 0.05) is 27.1 Å². The highest BCUT2D eigenvalue weighted by Crippen LogP contribution is 2.41. The van der Waals surface area contributed by atoms with Gasteiger partial charge < -0.3 is 0 Å². The van der Waals surface area contributed by atoms with Crippen molar-refractivity contribution >= 4 is 27.7 Å². The zero-order chi connectivity index (χ0) is 13.9. The number of thioether (sulfide) groups is 1. The summed E-state index contributed by atoms with van der Waals surface area (Å²) in [4.78, 5) is 1.40. The average Bonchev–Trinajstić information content (AvgIpc) is 2.91. The molecule has 2 nitrogen and oxygen atoms in total. The maximum atomic E-state index is 5.82. The summed E-state index contributed by atoms with van der Waals surface area (Å²) in [6.07, 6.45) is 0.948. The summed E-state index contributed by atoms with van der Waals surface area (Å²) < 4.78 is 1.11. The molecule has 0 saturated heterocycles. The van der Waals surface area contributed by atoms with Crippen molar-refractivity contribution in [2.75, 3.05) is 5.75 Å². The normalized spacial score (nSPS) is 18.8. The van der Waals surface area contributed by atoms with E-state index >= 15 is 0 Å². The number of hydrogen-bond acceptors (Lipinski definition) is 3. The fourth-order valence-electron chi connectivity index (χ4n) is 2.71. The second-order valence-electron chi connectivity index (χ2n) is 5.06. The van der Waals surface area contributed by atoms with Crippen molar-refractivity contribution in [3.63, 3.8) is 0 Å². The third-order valence-electron chi connectivity index (χ3n) is 3.81. The first-order chi connectivity index (χ1) is 9.78. The second kappa shape index (κ2) is 6.31. The van der Waals surface area contributed by atoms with E-state index in [2.05, 4.69) is 69.9 Å². The Morgan fingerprint density at radius 2 is 1.95 bits per heavy atom. The van der Waals surface area contributed by atoms with Crippen LogP contribution in [-0.2, 0) is 6.42 Å². The smallest absolute Gasteiger partial charge is 0.0327 e. The van der Waals surface area contributed by atoms with Crippen molar-refractivity contribution < 1.29 is 0 Å². The molecule has 0 aliphatic carbocycles. The lowest BCUT2D eigenvalue weighted by molar-refractivity contribution is 0.463. The number of benzene rings is 2. The Labute approximate surface area is 132 Å². The van der Waals surface area contributed by atoms with Crippen LogP contribution in [0, 0.1) is 0 Å². The van der Waals surface area contributed by atoms with Gasteiger partial charge >= 0.3 is 0 Å². The van der Waals surface area contributed by atoms with E-state index in [9.17, 15) is 0 Å². The Morgan fingerprint density at radius 1 is 1.20 bits per heavy atom. The number of nitrogens with two attached hydrogens (primary N) is 1. The minimum Gasteiger partial charge on any atom is -0.271 e. The molecule has 3 N–H and O–H groups in total. The summed E-state index contributed by atoms with van der Waals surface area (Å²) in [6, 6.07) is 17.4. The van der Waals surface area contributed by atoms with Gasteiger partial charge in [-0.3, -0.25) is 11.3 Å². The van der Waals surface area contributed by atoms with Crippen LogP contribution >= 0.6 is 27.7 Å². The first-order valence-electron chi connectivity index (χ1n) is 6.70. The highest BCUT2D eigenvalue weighted by atomic mass is 79.9. The molecule has 3 rings (SSSR count). The summed E-state index contributed by atoms with van der Waals surface area (Å²) >= 11 is 5.40. The van der Waals surface area contributed by atoms with E-state index < -0.39 is 0 Å². The molecule has 1 aliphatic heterocycles. The molecule has 2 aromatic rings. The van der Waals surface area contributed by atoms with Gasteiger partial charge in [0.15, 0.2) is 0 Å². The molecule has 2 aromatic carbocycles. The van der Waals surface area contributed by atoms with Gasteiger partial charge in [0.2, 0.25) is 0 Å². The molecule has 2 atom stereocenters. The minimum atomic E-state index is 0.271. The molecule has 0 fully saturated rings. The maximum absolute atomic E-state index is 5.82. The van der Waals surface area contributed by atoms with Crippen molar-refractivity contribution in [3.05, 3.63) is 64.1 Å². The van der Waals surface area contributed by atoms with Crippen LogP contribution in [0.5, 0.6) is 0 Å². The van der Waals surface area contributed by atoms with E-state index in [1.165, 1.54) is 16.0 Å². The number of hydrogen-bond donors (Lipinski definition) is 2. The molecule has 20 heavy (non-hydrogen) atoms. The third kappa shape index (κ3) is 2.93. The van der Waals surface area contributed by atoms with Gasteiger partial charge in [-0.05, 0) is 35.7 Å². The molecule has 2 unspecified atom stereocenters. The quantitative estimate of drug-likeness (QED) is 0.653. The second-order valence-corrected chi connectivity index (χ2v) is 7.04. The molecule has 0 bridgehead atoms. The highest BCUT2D eigenvalue weighted by Gasteiger charge is 2.29. The zero-order valence-electron chi connectivity index (χ0n) is 11.1. The molecule has 4 heteroatoms. The molecule has 1 heterocycles. The van der Waals surface area contributed by atoms with Gasteiger partial charge in [0.1, 0.15) is 0 Å². The Bertz CT molecular complexity index is 585. The summed E-state index contributed by atoms with van der Waals surface area (Å²) in [5.41, 5.74) is 5.76. The molecule has 104 valence electrons. The van der Waals surface area contributed by atoms with Crippen molar-refractivity contribution in [1.82, 2.24) is 5.43 Å². The fraction of sp³-hybridized carbons (Fsp3) is 0.250. The van der Waals surface area contributed by atoms with Crippen LogP contribution in [0.15, 0.2) is 57.9 Å². The first kappa shape index (κ1) is 14.1. The summed E-state index contributed by atoms with van der Waals surface area (Å²) in [7, 11) is 0. The van der Waals surface area contributed by atoms with Crippen LogP contribution in [0.25, 0.3) is 0 Å². The van der Waals surface area contributed by atoms with E-state index in [-0.39, 0.29) is 6.04 Å². The maximum Gasteiger partial charge on any atom is 0.0327 e. The lowest BCUT2D eigenvalue weighted by Gasteiger charge is -2.23. The summed E-state index contributed by atoms with van der Waals surface area (Å²) in [6.45, 7) is 0. The molecule has 0 spiro atoms. The molecular formula is C16H17BrN2S. The van der Waals surface area contributed by atoms with E-state index in [0.717, 1.165) is 16.6 Å². The topological polar surface area (TPSA) is 38.0 Å². The Kier molecular flexibility index (Phi) is 4.46. The molecule has 0 saturated carbocycles. The van der Waals surface area contributed by atoms with Gasteiger partial charge in [-0.25, -0.2) is 0 Å². The van der Waals surface area contributed by atoms with E-state index in [0.29, 0.717) is 5.92 Å². The average molecular weight is 349 g/mol. The predicted molar refractivity (Wildman–Crippen MR) is 88.9 cm³/mol. The Balaban J connectivity index is 1.79. The van der Waals surface area contributed by atoms with Crippen LogP contribution in [0.1, 0.15) is 17.0 Å².